The molecule has 0 aliphatic carbocycles. The first-order valence-electron chi connectivity index (χ1n) is 9.60. The number of anilines is 3. The van der Waals surface area contributed by atoms with Crippen molar-refractivity contribution in [2.24, 2.45) is 14.1 Å². The summed E-state index contributed by atoms with van der Waals surface area (Å²) in [7, 11) is 7.55. The highest BCUT2D eigenvalue weighted by Gasteiger charge is 2.16. The largest absolute Gasteiger partial charge is 0.397 e. The monoisotopic (exact) mass is 412 g/mol. The van der Waals surface area contributed by atoms with E-state index in [9.17, 15) is 9.59 Å². The van der Waals surface area contributed by atoms with Crippen LogP contribution in [0.3, 0.4) is 0 Å². The molecule has 3 rings (SSSR count). The molecule has 3 aromatic rings. The Balaban J connectivity index is 1.62. The van der Waals surface area contributed by atoms with Crippen LogP contribution in [0.25, 0.3) is 0 Å². The van der Waals surface area contributed by atoms with Gasteiger partial charge in [-0.15, -0.1) is 0 Å². The van der Waals surface area contributed by atoms with Gasteiger partial charge in [0, 0.05) is 39.2 Å². The van der Waals surface area contributed by atoms with Gasteiger partial charge in [0.2, 0.25) is 0 Å². The molecule has 0 saturated carbocycles. The predicted octanol–water partition coefficient (Wildman–Crippen LogP) is 1.60. The molecule has 0 saturated heterocycles. The van der Waals surface area contributed by atoms with Crippen molar-refractivity contribution in [1.29, 1.82) is 0 Å². The third kappa shape index (κ3) is 5.09. The van der Waals surface area contributed by atoms with E-state index in [1.807, 2.05) is 18.7 Å². The second-order valence-corrected chi connectivity index (χ2v) is 7.56. The van der Waals surface area contributed by atoms with E-state index in [1.54, 1.807) is 60.3 Å². The van der Waals surface area contributed by atoms with Crippen LogP contribution in [0, 0.1) is 0 Å². The molecule has 0 aliphatic rings. The zero-order chi connectivity index (χ0) is 21.8. The number of nitrogen functional groups attached to an aromatic ring is 1. The lowest BCUT2D eigenvalue weighted by Gasteiger charge is -2.08. The highest BCUT2D eigenvalue weighted by Crippen LogP contribution is 2.17. The first-order valence-corrected chi connectivity index (χ1v) is 9.60. The van der Waals surface area contributed by atoms with Crippen molar-refractivity contribution in [3.05, 3.63) is 48.4 Å². The fraction of sp³-hybridized carbons (Fsp3) is 0.350. The van der Waals surface area contributed by atoms with Crippen LogP contribution in [0.2, 0.25) is 0 Å². The SMILES string of the molecule is CN(C)CCCn1cnc(NC(=O)c2cc(NC(=O)c3cc(N)cn3C)cn2C)c1. The van der Waals surface area contributed by atoms with Gasteiger partial charge in [0.05, 0.1) is 17.7 Å². The standard InChI is InChI=1S/C20H28N8O2/c1-25(2)6-5-7-28-12-18(22-13-28)24-20(30)17-9-15(11-27(17)4)23-19(29)16-8-14(21)10-26(16)3/h8-13H,5-7,21H2,1-4H3,(H,23,29)(H,24,30). The zero-order valence-electron chi connectivity index (χ0n) is 17.7. The number of aromatic nitrogens is 4. The number of amides is 2. The summed E-state index contributed by atoms with van der Waals surface area (Å²) in [6.45, 7) is 1.80. The summed E-state index contributed by atoms with van der Waals surface area (Å²) < 4.78 is 5.25. The Labute approximate surface area is 175 Å². The summed E-state index contributed by atoms with van der Waals surface area (Å²) in [4.78, 5) is 31.5. The zero-order valence-corrected chi connectivity index (χ0v) is 17.7. The number of rotatable bonds is 8. The van der Waals surface area contributed by atoms with Crippen molar-refractivity contribution in [3.8, 4) is 0 Å². The lowest BCUT2D eigenvalue weighted by molar-refractivity contribution is 0.101. The molecule has 0 aliphatic heterocycles. The van der Waals surface area contributed by atoms with Gasteiger partial charge in [-0.1, -0.05) is 0 Å². The molecule has 30 heavy (non-hydrogen) atoms. The van der Waals surface area contributed by atoms with Gasteiger partial charge in [-0.3, -0.25) is 9.59 Å². The van der Waals surface area contributed by atoms with Crippen molar-refractivity contribution in [3.63, 3.8) is 0 Å². The first kappa shape index (κ1) is 21.2. The predicted molar refractivity (Wildman–Crippen MR) is 117 cm³/mol. The van der Waals surface area contributed by atoms with Crippen molar-refractivity contribution < 1.29 is 9.59 Å². The maximum absolute atomic E-state index is 12.7. The summed E-state index contributed by atoms with van der Waals surface area (Å²) in [5.41, 5.74) is 7.59. The summed E-state index contributed by atoms with van der Waals surface area (Å²) in [5.74, 6) is -0.126. The van der Waals surface area contributed by atoms with Gasteiger partial charge >= 0.3 is 0 Å². The van der Waals surface area contributed by atoms with E-state index >= 15 is 0 Å². The van der Waals surface area contributed by atoms with Gasteiger partial charge in [0.25, 0.3) is 11.8 Å². The number of hydrogen-bond donors (Lipinski definition) is 3. The van der Waals surface area contributed by atoms with E-state index in [1.165, 1.54) is 0 Å². The number of nitrogens with one attached hydrogen (secondary N) is 2. The Bertz CT molecular complexity index is 1040. The van der Waals surface area contributed by atoms with E-state index < -0.39 is 0 Å². The van der Waals surface area contributed by atoms with Gasteiger partial charge in [0.1, 0.15) is 11.4 Å². The summed E-state index contributed by atoms with van der Waals surface area (Å²) in [6, 6.07) is 3.22. The highest BCUT2D eigenvalue weighted by molar-refractivity contribution is 6.06. The minimum Gasteiger partial charge on any atom is -0.397 e. The number of nitrogens with zero attached hydrogens (tertiary/aromatic N) is 5. The first-order chi connectivity index (χ1) is 14.2. The Morgan fingerprint density at radius 3 is 2.37 bits per heavy atom. The molecule has 160 valence electrons. The Morgan fingerprint density at radius 2 is 1.70 bits per heavy atom. The second-order valence-electron chi connectivity index (χ2n) is 7.56. The normalized spacial score (nSPS) is 11.1. The van der Waals surface area contributed by atoms with Crippen LogP contribution in [0.4, 0.5) is 17.2 Å². The Hall–Kier alpha value is -3.53. The van der Waals surface area contributed by atoms with Crippen molar-refractivity contribution in [1.82, 2.24) is 23.6 Å². The minimum atomic E-state index is -0.306. The van der Waals surface area contributed by atoms with Crippen LogP contribution in [-0.2, 0) is 20.6 Å². The van der Waals surface area contributed by atoms with Crippen LogP contribution in [0.1, 0.15) is 27.4 Å². The number of hydrogen-bond acceptors (Lipinski definition) is 5. The summed E-state index contributed by atoms with van der Waals surface area (Å²) in [6.07, 6.45) is 7.84. The van der Waals surface area contributed by atoms with Crippen LogP contribution in [0.5, 0.6) is 0 Å². The summed E-state index contributed by atoms with van der Waals surface area (Å²) in [5, 5.41) is 5.58. The van der Waals surface area contributed by atoms with E-state index in [0.29, 0.717) is 28.6 Å². The maximum atomic E-state index is 12.7. The lowest BCUT2D eigenvalue weighted by atomic mass is 10.3. The maximum Gasteiger partial charge on any atom is 0.273 e. The fourth-order valence-electron chi connectivity index (χ4n) is 3.17. The molecule has 0 radical (unpaired) electrons. The summed E-state index contributed by atoms with van der Waals surface area (Å²) >= 11 is 0. The van der Waals surface area contributed by atoms with Crippen LogP contribution in [0.15, 0.2) is 37.1 Å². The van der Waals surface area contributed by atoms with Gasteiger partial charge < -0.3 is 35.0 Å². The number of aryl methyl sites for hydroxylation is 3. The molecular weight excluding hydrogens is 384 g/mol. The molecule has 0 spiro atoms. The minimum absolute atomic E-state index is 0.303. The average Bonchev–Trinajstić information content (AvgIpc) is 3.34. The number of imidazole rings is 1. The molecule has 4 N–H and O–H groups in total. The molecule has 0 atom stereocenters. The van der Waals surface area contributed by atoms with Gasteiger partial charge in [-0.2, -0.15) is 0 Å². The van der Waals surface area contributed by atoms with E-state index in [2.05, 4.69) is 20.5 Å². The molecule has 2 amide bonds. The molecule has 10 nitrogen and oxygen atoms in total. The topological polar surface area (TPSA) is 115 Å². The van der Waals surface area contributed by atoms with Gasteiger partial charge in [0.15, 0.2) is 5.82 Å². The second kappa shape index (κ2) is 8.87. The molecule has 0 fully saturated rings. The van der Waals surface area contributed by atoms with Crippen molar-refractivity contribution in [2.75, 3.05) is 37.0 Å². The van der Waals surface area contributed by atoms with E-state index in [0.717, 1.165) is 19.5 Å². The molecule has 3 heterocycles. The smallest absolute Gasteiger partial charge is 0.273 e. The Kier molecular flexibility index (Phi) is 6.26. The fourth-order valence-corrected chi connectivity index (χ4v) is 3.17. The third-order valence-corrected chi connectivity index (χ3v) is 4.65. The Morgan fingerprint density at radius 1 is 1.03 bits per heavy atom. The molecule has 3 aromatic heterocycles. The molecule has 10 heteroatoms. The molecule has 0 bridgehead atoms. The highest BCUT2D eigenvalue weighted by atomic mass is 16.2. The number of nitrogens with two attached hydrogens (primary N) is 1. The van der Waals surface area contributed by atoms with E-state index in [4.69, 9.17) is 5.73 Å². The van der Waals surface area contributed by atoms with Crippen LogP contribution in [-0.4, -0.2) is 56.0 Å². The molecule has 0 unspecified atom stereocenters. The van der Waals surface area contributed by atoms with Crippen LogP contribution < -0.4 is 16.4 Å². The third-order valence-electron chi connectivity index (χ3n) is 4.65. The van der Waals surface area contributed by atoms with Crippen LogP contribution >= 0.6 is 0 Å². The molecular formula is C20H28N8O2. The average molecular weight is 412 g/mol. The van der Waals surface area contributed by atoms with Crippen molar-refractivity contribution >= 4 is 29.0 Å². The quantitative estimate of drug-likeness (QED) is 0.520. The van der Waals surface area contributed by atoms with Gasteiger partial charge in [-0.25, -0.2) is 4.98 Å². The van der Waals surface area contributed by atoms with Crippen molar-refractivity contribution in [2.45, 2.75) is 13.0 Å². The van der Waals surface area contributed by atoms with E-state index in [-0.39, 0.29) is 11.8 Å². The van der Waals surface area contributed by atoms with Gasteiger partial charge in [-0.05, 0) is 39.2 Å². The number of carbonyl (C=O) groups is 2. The number of carbonyl (C=O) groups excluding carboxylic acids is 2. The lowest BCUT2D eigenvalue weighted by Crippen LogP contribution is -2.16. The molecule has 0 aromatic carbocycles.